The van der Waals surface area contributed by atoms with Crippen molar-refractivity contribution in [1.29, 1.82) is 0 Å². The molecule has 11 heteroatoms. The van der Waals surface area contributed by atoms with Crippen molar-refractivity contribution in [2.45, 2.75) is 9.24 Å². The standard InChI is InChI=1S/C10H8FN3O4S3/c11-6-1-3-7(4-2-6)21(17,18)14-9-12-13-10(20-9)19-5-8(15)16/h1-4H,5H2,(H,12,14)(H,15,16). The van der Waals surface area contributed by atoms with Crippen LogP contribution in [0.4, 0.5) is 9.52 Å². The number of hydrogen-bond acceptors (Lipinski definition) is 7. The van der Waals surface area contributed by atoms with Crippen LogP contribution in [-0.2, 0) is 14.8 Å². The van der Waals surface area contributed by atoms with Crippen molar-refractivity contribution in [2.75, 3.05) is 10.5 Å². The summed E-state index contributed by atoms with van der Waals surface area (Å²) in [7, 11) is -3.88. The highest BCUT2D eigenvalue weighted by Crippen LogP contribution is 2.26. The number of sulfonamides is 1. The average Bonchev–Trinajstić information content (AvgIpc) is 2.84. The Morgan fingerprint density at radius 2 is 2.00 bits per heavy atom. The molecular formula is C10H8FN3O4S3. The first-order valence-corrected chi connectivity index (χ1v) is 8.62. The molecule has 112 valence electrons. The summed E-state index contributed by atoms with van der Waals surface area (Å²) in [6.45, 7) is 0. The fourth-order valence-electron chi connectivity index (χ4n) is 1.22. The van der Waals surface area contributed by atoms with Crippen LogP contribution in [0.1, 0.15) is 0 Å². The van der Waals surface area contributed by atoms with Gasteiger partial charge in [-0.25, -0.2) is 12.8 Å². The van der Waals surface area contributed by atoms with Crippen LogP contribution in [-0.4, -0.2) is 35.4 Å². The molecule has 21 heavy (non-hydrogen) atoms. The van der Waals surface area contributed by atoms with Crippen LogP contribution in [0.15, 0.2) is 33.5 Å². The minimum Gasteiger partial charge on any atom is -0.481 e. The summed E-state index contributed by atoms with van der Waals surface area (Å²) < 4.78 is 39.3. The molecule has 2 N–H and O–H groups in total. The molecule has 1 heterocycles. The van der Waals surface area contributed by atoms with Crippen LogP contribution < -0.4 is 4.72 Å². The summed E-state index contributed by atoms with van der Waals surface area (Å²) in [6.07, 6.45) is 0. The van der Waals surface area contributed by atoms with Gasteiger partial charge in [0.2, 0.25) is 5.13 Å². The number of aromatic nitrogens is 2. The Morgan fingerprint density at radius 3 is 2.62 bits per heavy atom. The molecule has 0 radical (unpaired) electrons. The Hall–Kier alpha value is -1.72. The maximum Gasteiger partial charge on any atom is 0.313 e. The number of carbonyl (C=O) groups is 1. The first-order valence-electron chi connectivity index (χ1n) is 5.33. The third-order valence-electron chi connectivity index (χ3n) is 2.07. The van der Waals surface area contributed by atoms with Gasteiger partial charge in [-0.05, 0) is 24.3 Å². The van der Waals surface area contributed by atoms with Gasteiger partial charge in [-0.3, -0.25) is 9.52 Å². The topological polar surface area (TPSA) is 109 Å². The van der Waals surface area contributed by atoms with E-state index in [1.165, 1.54) is 0 Å². The summed E-state index contributed by atoms with van der Waals surface area (Å²) in [5.41, 5.74) is 0. The van der Waals surface area contributed by atoms with E-state index >= 15 is 0 Å². The van der Waals surface area contributed by atoms with Crippen LogP contribution in [0.5, 0.6) is 0 Å². The Balaban J connectivity index is 2.10. The number of anilines is 1. The molecular weight excluding hydrogens is 341 g/mol. The lowest BCUT2D eigenvalue weighted by Crippen LogP contribution is -2.12. The summed E-state index contributed by atoms with van der Waals surface area (Å²) in [4.78, 5) is 10.3. The van der Waals surface area contributed by atoms with Gasteiger partial charge in [-0.15, -0.1) is 10.2 Å². The van der Waals surface area contributed by atoms with E-state index in [0.29, 0.717) is 4.34 Å². The van der Waals surface area contributed by atoms with E-state index < -0.39 is 21.8 Å². The number of rotatable bonds is 6. The molecule has 0 atom stereocenters. The predicted octanol–water partition coefficient (Wildman–Crippen LogP) is 1.65. The Bertz CT molecular complexity index is 745. The number of aliphatic carboxylic acids is 1. The van der Waals surface area contributed by atoms with E-state index in [0.717, 1.165) is 47.4 Å². The monoisotopic (exact) mass is 349 g/mol. The van der Waals surface area contributed by atoms with Crippen molar-refractivity contribution in [3.8, 4) is 0 Å². The zero-order valence-electron chi connectivity index (χ0n) is 10.2. The molecule has 0 spiro atoms. The van der Waals surface area contributed by atoms with Gasteiger partial charge in [0.15, 0.2) is 4.34 Å². The number of carboxylic acid groups (broad SMARTS) is 1. The lowest BCUT2D eigenvalue weighted by atomic mass is 10.4. The van der Waals surface area contributed by atoms with E-state index in [2.05, 4.69) is 14.9 Å². The summed E-state index contributed by atoms with van der Waals surface area (Å²) in [6, 6.07) is 4.31. The maximum atomic E-state index is 12.8. The Labute approximate surface area is 127 Å². The van der Waals surface area contributed by atoms with Gasteiger partial charge in [0, 0.05) is 0 Å². The highest BCUT2D eigenvalue weighted by atomic mass is 32.2. The highest BCUT2D eigenvalue weighted by molar-refractivity contribution is 8.01. The lowest BCUT2D eigenvalue weighted by Gasteiger charge is -2.03. The summed E-state index contributed by atoms with van der Waals surface area (Å²) in [5.74, 6) is -1.75. The van der Waals surface area contributed by atoms with Crippen LogP contribution >= 0.6 is 23.1 Å². The molecule has 0 amide bonds. The Kier molecular flexibility index (Phi) is 4.75. The molecule has 0 saturated carbocycles. The molecule has 2 aromatic rings. The van der Waals surface area contributed by atoms with Gasteiger partial charge >= 0.3 is 5.97 Å². The molecule has 0 aliphatic carbocycles. The van der Waals surface area contributed by atoms with Gasteiger partial charge in [0.05, 0.1) is 10.6 Å². The van der Waals surface area contributed by atoms with E-state index in [1.807, 2.05) is 0 Å². The lowest BCUT2D eigenvalue weighted by molar-refractivity contribution is -0.133. The van der Waals surface area contributed by atoms with Crippen LogP contribution in [0.3, 0.4) is 0 Å². The van der Waals surface area contributed by atoms with E-state index in [9.17, 15) is 17.6 Å². The van der Waals surface area contributed by atoms with Crippen molar-refractivity contribution in [1.82, 2.24) is 10.2 Å². The largest absolute Gasteiger partial charge is 0.481 e. The number of thioether (sulfide) groups is 1. The summed E-state index contributed by atoms with van der Waals surface area (Å²) >= 11 is 1.85. The third kappa shape index (κ3) is 4.37. The van der Waals surface area contributed by atoms with Gasteiger partial charge in [-0.2, -0.15) is 0 Å². The molecule has 2 rings (SSSR count). The zero-order valence-corrected chi connectivity index (χ0v) is 12.6. The molecule has 1 aromatic heterocycles. The third-order valence-corrected chi connectivity index (χ3v) is 5.51. The van der Waals surface area contributed by atoms with Crippen LogP contribution in [0.25, 0.3) is 0 Å². The van der Waals surface area contributed by atoms with E-state index in [1.54, 1.807) is 0 Å². The van der Waals surface area contributed by atoms with Crippen LogP contribution in [0.2, 0.25) is 0 Å². The van der Waals surface area contributed by atoms with Gasteiger partial charge in [0.25, 0.3) is 10.0 Å². The minimum atomic E-state index is -3.88. The number of halogens is 1. The molecule has 0 fully saturated rings. The van der Waals surface area contributed by atoms with Crippen molar-refractivity contribution in [3.05, 3.63) is 30.1 Å². The number of hydrogen-bond donors (Lipinski definition) is 2. The second-order valence-electron chi connectivity index (χ2n) is 3.61. The number of nitrogens with zero attached hydrogens (tertiary/aromatic N) is 2. The SMILES string of the molecule is O=C(O)CSc1nnc(NS(=O)(=O)c2ccc(F)cc2)s1. The van der Waals surface area contributed by atoms with Gasteiger partial charge in [0.1, 0.15) is 5.82 Å². The first-order chi connectivity index (χ1) is 9.87. The van der Waals surface area contributed by atoms with Crippen molar-refractivity contribution < 1.29 is 22.7 Å². The molecule has 0 saturated heterocycles. The average molecular weight is 349 g/mol. The van der Waals surface area contributed by atoms with Crippen LogP contribution in [0, 0.1) is 5.82 Å². The van der Waals surface area contributed by atoms with Crippen molar-refractivity contribution in [3.63, 3.8) is 0 Å². The first kappa shape index (κ1) is 15.7. The van der Waals surface area contributed by atoms with E-state index in [4.69, 9.17) is 5.11 Å². The molecule has 0 aliphatic heterocycles. The zero-order chi connectivity index (χ0) is 15.5. The Morgan fingerprint density at radius 1 is 1.33 bits per heavy atom. The van der Waals surface area contributed by atoms with Crippen molar-refractivity contribution in [2.24, 2.45) is 0 Å². The minimum absolute atomic E-state index is 0.00668. The number of nitrogens with one attached hydrogen (secondary N) is 1. The fourth-order valence-corrected chi connectivity index (χ4v) is 3.92. The second-order valence-corrected chi connectivity index (χ2v) is 7.50. The molecule has 0 aliphatic rings. The molecule has 1 aromatic carbocycles. The maximum absolute atomic E-state index is 12.8. The molecule has 0 unspecified atom stereocenters. The van der Waals surface area contributed by atoms with Gasteiger partial charge < -0.3 is 5.11 Å². The quantitative estimate of drug-likeness (QED) is 0.763. The normalized spacial score (nSPS) is 11.3. The van der Waals surface area contributed by atoms with Gasteiger partial charge in [-0.1, -0.05) is 23.1 Å². The smallest absolute Gasteiger partial charge is 0.313 e. The second kappa shape index (κ2) is 6.37. The fraction of sp³-hybridized carbons (Fsp3) is 0.100. The number of carboxylic acids is 1. The molecule has 0 bridgehead atoms. The van der Waals surface area contributed by atoms with Crippen molar-refractivity contribution >= 4 is 44.2 Å². The summed E-state index contributed by atoms with van der Waals surface area (Å²) in [5, 5.41) is 15.8. The van der Waals surface area contributed by atoms with E-state index in [-0.39, 0.29) is 15.8 Å². The predicted molar refractivity (Wildman–Crippen MR) is 75.5 cm³/mol. The highest BCUT2D eigenvalue weighted by Gasteiger charge is 2.17. The molecule has 7 nitrogen and oxygen atoms in total. The number of benzene rings is 1.